The first-order valence-corrected chi connectivity index (χ1v) is 6.86. The maximum atomic E-state index is 12.4. The van der Waals surface area contributed by atoms with E-state index in [0.717, 1.165) is 0 Å². The van der Waals surface area contributed by atoms with Crippen LogP contribution in [0, 0.1) is 5.92 Å². The third-order valence-electron chi connectivity index (χ3n) is 2.94. The van der Waals surface area contributed by atoms with Gasteiger partial charge in [-0.2, -0.15) is 0 Å². The second kappa shape index (κ2) is 7.24. The number of pyridine rings is 1. The van der Waals surface area contributed by atoms with Gasteiger partial charge in [-0.25, -0.2) is 4.98 Å². The Balaban J connectivity index is 2.79. The van der Waals surface area contributed by atoms with Crippen molar-refractivity contribution in [1.29, 1.82) is 0 Å². The number of aromatic nitrogens is 1. The summed E-state index contributed by atoms with van der Waals surface area (Å²) in [5.41, 5.74) is -0.200. The Morgan fingerprint density at radius 2 is 2.15 bits per heavy atom. The Morgan fingerprint density at radius 1 is 1.45 bits per heavy atom. The van der Waals surface area contributed by atoms with Crippen LogP contribution < -0.4 is 10.1 Å². The standard InChI is InChI=1S/C15H24N2O3/c1-6-20-15(4,9-11(2)3)14(18)17-12-7-8-13(19-5)16-10-12/h7-8,10-11H,6,9H2,1-5H3,(H,17,18). The number of anilines is 1. The Kier molecular flexibility index (Phi) is 5.95. The molecule has 0 spiro atoms. The number of amides is 1. The zero-order valence-electron chi connectivity index (χ0n) is 12.9. The molecular formula is C15H24N2O3. The summed E-state index contributed by atoms with van der Waals surface area (Å²) in [7, 11) is 1.55. The van der Waals surface area contributed by atoms with Crippen LogP contribution in [0.3, 0.4) is 0 Å². The molecule has 1 amide bonds. The summed E-state index contributed by atoms with van der Waals surface area (Å²) < 4.78 is 10.6. The molecular weight excluding hydrogens is 256 g/mol. The Bertz CT molecular complexity index is 431. The third-order valence-corrected chi connectivity index (χ3v) is 2.94. The van der Waals surface area contributed by atoms with Gasteiger partial charge in [0.25, 0.3) is 5.91 Å². The first-order valence-electron chi connectivity index (χ1n) is 6.86. The van der Waals surface area contributed by atoms with Gasteiger partial charge in [-0.15, -0.1) is 0 Å². The quantitative estimate of drug-likeness (QED) is 0.834. The van der Waals surface area contributed by atoms with Gasteiger partial charge in [-0.1, -0.05) is 13.8 Å². The van der Waals surface area contributed by atoms with Crippen LogP contribution in [0.5, 0.6) is 5.88 Å². The van der Waals surface area contributed by atoms with Crippen molar-refractivity contribution in [3.05, 3.63) is 18.3 Å². The number of ether oxygens (including phenoxy) is 2. The van der Waals surface area contributed by atoms with Gasteiger partial charge in [0.15, 0.2) is 0 Å². The van der Waals surface area contributed by atoms with E-state index < -0.39 is 5.60 Å². The molecule has 5 heteroatoms. The fraction of sp³-hybridized carbons (Fsp3) is 0.600. The van der Waals surface area contributed by atoms with Crippen LogP contribution in [-0.4, -0.2) is 30.2 Å². The second-order valence-electron chi connectivity index (χ2n) is 5.31. The van der Waals surface area contributed by atoms with Crippen molar-refractivity contribution < 1.29 is 14.3 Å². The van der Waals surface area contributed by atoms with Gasteiger partial charge in [-0.05, 0) is 32.3 Å². The maximum absolute atomic E-state index is 12.4. The van der Waals surface area contributed by atoms with E-state index in [1.807, 2.05) is 13.8 Å². The SMILES string of the molecule is CCOC(C)(CC(C)C)C(=O)Nc1ccc(OC)nc1. The second-order valence-corrected chi connectivity index (χ2v) is 5.31. The summed E-state index contributed by atoms with van der Waals surface area (Å²) in [4.78, 5) is 16.5. The van der Waals surface area contributed by atoms with Gasteiger partial charge in [0.1, 0.15) is 5.60 Å². The van der Waals surface area contributed by atoms with Crippen LogP contribution in [0.25, 0.3) is 0 Å². The minimum atomic E-state index is -0.831. The molecule has 0 bridgehead atoms. The van der Waals surface area contributed by atoms with E-state index in [0.29, 0.717) is 30.5 Å². The summed E-state index contributed by atoms with van der Waals surface area (Å²) in [6, 6.07) is 3.46. The zero-order valence-corrected chi connectivity index (χ0v) is 12.9. The molecule has 1 rings (SSSR count). The van der Waals surface area contributed by atoms with Crippen molar-refractivity contribution >= 4 is 11.6 Å². The van der Waals surface area contributed by atoms with Crippen molar-refractivity contribution in [2.75, 3.05) is 19.0 Å². The molecule has 0 saturated carbocycles. The van der Waals surface area contributed by atoms with Crippen molar-refractivity contribution in [1.82, 2.24) is 4.98 Å². The summed E-state index contributed by atoms with van der Waals surface area (Å²) in [6.45, 7) is 8.35. The molecule has 1 N–H and O–H groups in total. The lowest BCUT2D eigenvalue weighted by Gasteiger charge is -2.29. The number of hydrogen-bond acceptors (Lipinski definition) is 4. The third kappa shape index (κ3) is 4.49. The highest BCUT2D eigenvalue weighted by atomic mass is 16.5. The molecule has 0 saturated heterocycles. The van der Waals surface area contributed by atoms with E-state index in [4.69, 9.17) is 9.47 Å². The van der Waals surface area contributed by atoms with Crippen molar-refractivity contribution in [2.45, 2.75) is 39.7 Å². The van der Waals surface area contributed by atoms with Gasteiger partial charge in [0.2, 0.25) is 5.88 Å². The van der Waals surface area contributed by atoms with Crippen LogP contribution in [0.4, 0.5) is 5.69 Å². The number of nitrogens with one attached hydrogen (secondary N) is 1. The molecule has 20 heavy (non-hydrogen) atoms. The van der Waals surface area contributed by atoms with E-state index in [-0.39, 0.29) is 5.91 Å². The predicted molar refractivity (Wildman–Crippen MR) is 78.9 cm³/mol. The minimum Gasteiger partial charge on any atom is -0.481 e. The molecule has 0 aliphatic rings. The highest BCUT2D eigenvalue weighted by molar-refractivity contribution is 5.96. The van der Waals surface area contributed by atoms with Crippen LogP contribution in [0.1, 0.15) is 34.1 Å². The average Bonchev–Trinajstić information content (AvgIpc) is 2.39. The van der Waals surface area contributed by atoms with Crippen molar-refractivity contribution in [3.8, 4) is 5.88 Å². The smallest absolute Gasteiger partial charge is 0.256 e. The van der Waals surface area contributed by atoms with E-state index in [2.05, 4.69) is 24.1 Å². The van der Waals surface area contributed by atoms with Crippen molar-refractivity contribution in [2.24, 2.45) is 5.92 Å². The molecule has 0 aliphatic heterocycles. The highest BCUT2D eigenvalue weighted by Gasteiger charge is 2.34. The largest absolute Gasteiger partial charge is 0.481 e. The number of methoxy groups -OCH3 is 1. The lowest BCUT2D eigenvalue weighted by molar-refractivity contribution is -0.140. The summed E-state index contributed by atoms with van der Waals surface area (Å²) in [5.74, 6) is 0.726. The number of nitrogens with zero attached hydrogens (tertiary/aromatic N) is 1. The Labute approximate surface area is 120 Å². The number of hydrogen-bond donors (Lipinski definition) is 1. The molecule has 112 valence electrons. The first kappa shape index (κ1) is 16.4. The van der Waals surface area contributed by atoms with Crippen LogP contribution in [0.15, 0.2) is 18.3 Å². The number of rotatable bonds is 7. The summed E-state index contributed by atoms with van der Waals surface area (Å²) in [6.07, 6.45) is 2.23. The lowest BCUT2D eigenvalue weighted by atomic mass is 9.93. The minimum absolute atomic E-state index is 0.153. The Morgan fingerprint density at radius 3 is 2.60 bits per heavy atom. The number of carbonyl (C=O) groups excluding carboxylic acids is 1. The average molecular weight is 280 g/mol. The monoisotopic (exact) mass is 280 g/mol. The van der Waals surface area contributed by atoms with E-state index >= 15 is 0 Å². The molecule has 1 aromatic heterocycles. The summed E-state index contributed by atoms with van der Waals surface area (Å²) in [5, 5.41) is 2.84. The normalized spacial score (nSPS) is 13.9. The van der Waals surface area contributed by atoms with Crippen LogP contribution in [0.2, 0.25) is 0 Å². The van der Waals surface area contributed by atoms with E-state index in [9.17, 15) is 4.79 Å². The maximum Gasteiger partial charge on any atom is 0.256 e. The van der Waals surface area contributed by atoms with Crippen LogP contribution in [-0.2, 0) is 9.53 Å². The Hall–Kier alpha value is -1.62. The fourth-order valence-corrected chi connectivity index (χ4v) is 2.15. The summed E-state index contributed by atoms with van der Waals surface area (Å²) >= 11 is 0. The highest BCUT2D eigenvalue weighted by Crippen LogP contribution is 2.23. The van der Waals surface area contributed by atoms with E-state index in [1.54, 1.807) is 25.4 Å². The van der Waals surface area contributed by atoms with Crippen LogP contribution >= 0.6 is 0 Å². The van der Waals surface area contributed by atoms with Gasteiger partial charge in [0.05, 0.1) is 19.0 Å². The lowest BCUT2D eigenvalue weighted by Crippen LogP contribution is -2.44. The molecule has 1 atom stereocenters. The molecule has 1 unspecified atom stereocenters. The molecule has 1 aromatic rings. The first-order chi connectivity index (χ1) is 9.41. The van der Waals surface area contributed by atoms with Gasteiger partial charge in [0, 0.05) is 12.7 Å². The molecule has 1 heterocycles. The van der Waals surface area contributed by atoms with Crippen molar-refractivity contribution in [3.63, 3.8) is 0 Å². The number of carbonyl (C=O) groups is 1. The topological polar surface area (TPSA) is 60.5 Å². The van der Waals surface area contributed by atoms with Gasteiger partial charge < -0.3 is 14.8 Å². The predicted octanol–water partition coefficient (Wildman–Crippen LogP) is 2.87. The molecule has 5 nitrogen and oxygen atoms in total. The van der Waals surface area contributed by atoms with Gasteiger partial charge in [-0.3, -0.25) is 4.79 Å². The molecule has 0 radical (unpaired) electrons. The molecule has 0 fully saturated rings. The fourth-order valence-electron chi connectivity index (χ4n) is 2.15. The molecule has 0 aliphatic carbocycles. The van der Waals surface area contributed by atoms with E-state index in [1.165, 1.54) is 0 Å². The zero-order chi connectivity index (χ0) is 15.2. The van der Waals surface area contributed by atoms with Gasteiger partial charge >= 0.3 is 0 Å². The molecule has 0 aromatic carbocycles.